The molecular weight excluding hydrogens is 270 g/mol. The molecule has 1 heterocycles. The Hall–Kier alpha value is -2.72. The van der Waals surface area contributed by atoms with Gasteiger partial charge in [0.1, 0.15) is 6.07 Å². The fourth-order valence-corrected chi connectivity index (χ4v) is 1.83. The molecule has 0 atom stereocenters. The predicted octanol–water partition coefficient (Wildman–Crippen LogP) is 0.676. The van der Waals surface area contributed by atoms with Gasteiger partial charge in [0.25, 0.3) is 0 Å². The van der Waals surface area contributed by atoms with Crippen LogP contribution in [0.1, 0.15) is 5.69 Å². The highest BCUT2D eigenvalue weighted by molar-refractivity contribution is 5.94. The molecule has 7 heteroatoms. The van der Waals surface area contributed by atoms with E-state index >= 15 is 0 Å². The number of ether oxygens (including phenoxy) is 1. The van der Waals surface area contributed by atoms with Crippen molar-refractivity contribution in [3.63, 3.8) is 0 Å². The number of hydrogen-bond donors (Lipinski definition) is 2. The zero-order chi connectivity index (χ0) is 15.1. The first kappa shape index (κ1) is 14.7. The standard InChI is InChI=1S/C14H15N5O2/c1-21-7-6-16-13(20)9-17-14-10-4-2-3-5-11(10)18-19-12(14)8-15/h2-5H,6-7,9H2,1H3,(H,16,20)(H,17,18). The van der Waals surface area contributed by atoms with Crippen molar-refractivity contribution < 1.29 is 9.53 Å². The Morgan fingerprint density at radius 2 is 2.19 bits per heavy atom. The molecule has 0 bridgehead atoms. The number of carbonyl (C=O) groups excluding carboxylic acids is 1. The molecule has 1 amide bonds. The Balaban J connectivity index is 2.14. The van der Waals surface area contributed by atoms with E-state index in [1.165, 1.54) is 0 Å². The smallest absolute Gasteiger partial charge is 0.239 e. The van der Waals surface area contributed by atoms with Crippen molar-refractivity contribution in [2.24, 2.45) is 0 Å². The molecule has 2 N–H and O–H groups in total. The number of rotatable bonds is 6. The van der Waals surface area contributed by atoms with E-state index in [1.54, 1.807) is 13.2 Å². The molecule has 0 aliphatic heterocycles. The molecule has 108 valence electrons. The van der Waals surface area contributed by atoms with Gasteiger partial charge in [0.05, 0.1) is 24.4 Å². The maximum absolute atomic E-state index is 11.7. The Morgan fingerprint density at radius 1 is 1.38 bits per heavy atom. The van der Waals surface area contributed by atoms with E-state index in [0.29, 0.717) is 24.4 Å². The second-order valence-electron chi connectivity index (χ2n) is 4.25. The monoisotopic (exact) mass is 285 g/mol. The van der Waals surface area contributed by atoms with Crippen molar-refractivity contribution in [3.05, 3.63) is 30.0 Å². The van der Waals surface area contributed by atoms with E-state index in [9.17, 15) is 4.79 Å². The second kappa shape index (κ2) is 7.17. The summed E-state index contributed by atoms with van der Waals surface area (Å²) in [4.78, 5) is 11.7. The number of benzene rings is 1. The SMILES string of the molecule is COCCNC(=O)CNc1c(C#N)nnc2ccccc12. The Morgan fingerprint density at radius 3 is 2.95 bits per heavy atom. The second-order valence-corrected chi connectivity index (χ2v) is 4.25. The molecule has 0 saturated carbocycles. The zero-order valence-corrected chi connectivity index (χ0v) is 11.6. The highest BCUT2D eigenvalue weighted by Crippen LogP contribution is 2.23. The number of amides is 1. The lowest BCUT2D eigenvalue weighted by molar-refractivity contribution is -0.119. The third-order valence-corrected chi connectivity index (χ3v) is 2.83. The first-order chi connectivity index (χ1) is 10.3. The summed E-state index contributed by atoms with van der Waals surface area (Å²) in [6, 6.07) is 9.28. The van der Waals surface area contributed by atoms with Crippen molar-refractivity contribution in [1.29, 1.82) is 5.26 Å². The molecule has 0 radical (unpaired) electrons. The highest BCUT2D eigenvalue weighted by Gasteiger charge is 2.11. The molecule has 2 rings (SSSR count). The molecule has 1 aromatic carbocycles. The molecule has 0 unspecified atom stereocenters. The lowest BCUT2D eigenvalue weighted by Crippen LogP contribution is -2.32. The minimum Gasteiger partial charge on any atom is -0.383 e. The number of methoxy groups -OCH3 is 1. The number of nitrogens with one attached hydrogen (secondary N) is 2. The van der Waals surface area contributed by atoms with Gasteiger partial charge in [-0.3, -0.25) is 4.79 Å². The molecule has 1 aromatic heterocycles. The summed E-state index contributed by atoms with van der Waals surface area (Å²) in [6.07, 6.45) is 0. The number of carbonyl (C=O) groups is 1. The van der Waals surface area contributed by atoms with E-state index in [4.69, 9.17) is 10.00 Å². The van der Waals surface area contributed by atoms with Crippen LogP contribution in [0.25, 0.3) is 10.9 Å². The number of aromatic nitrogens is 2. The van der Waals surface area contributed by atoms with Gasteiger partial charge in [0.2, 0.25) is 5.91 Å². The van der Waals surface area contributed by atoms with Gasteiger partial charge in [-0.1, -0.05) is 18.2 Å². The fourth-order valence-electron chi connectivity index (χ4n) is 1.83. The largest absolute Gasteiger partial charge is 0.383 e. The lowest BCUT2D eigenvalue weighted by Gasteiger charge is -2.10. The first-order valence-corrected chi connectivity index (χ1v) is 6.41. The van der Waals surface area contributed by atoms with Gasteiger partial charge < -0.3 is 15.4 Å². The predicted molar refractivity (Wildman–Crippen MR) is 77.6 cm³/mol. The molecule has 7 nitrogen and oxygen atoms in total. The van der Waals surface area contributed by atoms with Crippen molar-refractivity contribution >= 4 is 22.5 Å². The maximum Gasteiger partial charge on any atom is 0.239 e. The van der Waals surface area contributed by atoms with Crippen LogP contribution in [0.2, 0.25) is 0 Å². The Kier molecular flexibility index (Phi) is 5.01. The molecule has 0 aliphatic rings. The van der Waals surface area contributed by atoms with Crippen LogP contribution in [-0.2, 0) is 9.53 Å². The van der Waals surface area contributed by atoms with E-state index < -0.39 is 0 Å². The maximum atomic E-state index is 11.7. The van der Waals surface area contributed by atoms with Crippen LogP contribution in [0.15, 0.2) is 24.3 Å². The number of fused-ring (bicyclic) bond motifs is 1. The summed E-state index contributed by atoms with van der Waals surface area (Å²) >= 11 is 0. The normalized spacial score (nSPS) is 10.1. The Labute approximate surface area is 121 Å². The van der Waals surface area contributed by atoms with Crippen LogP contribution in [0.4, 0.5) is 5.69 Å². The van der Waals surface area contributed by atoms with Gasteiger partial charge in [0.15, 0.2) is 5.69 Å². The summed E-state index contributed by atoms with van der Waals surface area (Å²) in [5.74, 6) is -0.183. The number of hydrogen-bond acceptors (Lipinski definition) is 6. The quantitative estimate of drug-likeness (QED) is 0.757. The van der Waals surface area contributed by atoms with Crippen molar-refractivity contribution in [2.45, 2.75) is 0 Å². The minimum atomic E-state index is -0.183. The van der Waals surface area contributed by atoms with E-state index in [-0.39, 0.29) is 18.1 Å². The molecule has 0 aliphatic carbocycles. The number of nitriles is 1. The van der Waals surface area contributed by atoms with Crippen LogP contribution >= 0.6 is 0 Å². The molecular formula is C14H15N5O2. The van der Waals surface area contributed by atoms with E-state index in [1.807, 2.05) is 24.3 Å². The van der Waals surface area contributed by atoms with Crippen LogP contribution in [-0.4, -0.2) is 42.9 Å². The van der Waals surface area contributed by atoms with E-state index in [0.717, 1.165) is 5.39 Å². The summed E-state index contributed by atoms with van der Waals surface area (Å²) in [6.45, 7) is 0.945. The highest BCUT2D eigenvalue weighted by atomic mass is 16.5. The molecule has 0 fully saturated rings. The van der Waals surface area contributed by atoms with Crippen LogP contribution in [0, 0.1) is 11.3 Å². The first-order valence-electron chi connectivity index (χ1n) is 6.41. The molecule has 0 saturated heterocycles. The van der Waals surface area contributed by atoms with Crippen molar-refractivity contribution in [2.75, 3.05) is 32.1 Å². The van der Waals surface area contributed by atoms with Crippen LogP contribution in [0.5, 0.6) is 0 Å². The van der Waals surface area contributed by atoms with Gasteiger partial charge >= 0.3 is 0 Å². The van der Waals surface area contributed by atoms with Crippen LogP contribution < -0.4 is 10.6 Å². The average Bonchev–Trinajstić information content (AvgIpc) is 2.52. The minimum absolute atomic E-state index is 0.0497. The fraction of sp³-hybridized carbons (Fsp3) is 0.286. The van der Waals surface area contributed by atoms with Gasteiger partial charge in [-0.15, -0.1) is 10.2 Å². The molecule has 0 spiro atoms. The van der Waals surface area contributed by atoms with Gasteiger partial charge in [-0.2, -0.15) is 5.26 Å². The van der Waals surface area contributed by atoms with Crippen LogP contribution in [0.3, 0.4) is 0 Å². The molecule has 2 aromatic rings. The molecule has 21 heavy (non-hydrogen) atoms. The van der Waals surface area contributed by atoms with Gasteiger partial charge in [-0.05, 0) is 6.07 Å². The summed E-state index contributed by atoms with van der Waals surface area (Å²) in [5, 5.41) is 23.3. The Bertz CT molecular complexity index is 681. The third-order valence-electron chi connectivity index (χ3n) is 2.83. The van der Waals surface area contributed by atoms with Gasteiger partial charge in [-0.25, -0.2) is 0 Å². The topological polar surface area (TPSA) is 99.9 Å². The number of nitrogens with zero attached hydrogens (tertiary/aromatic N) is 3. The number of anilines is 1. The van der Waals surface area contributed by atoms with Crippen molar-refractivity contribution in [3.8, 4) is 6.07 Å². The summed E-state index contributed by atoms with van der Waals surface area (Å²) < 4.78 is 4.85. The average molecular weight is 285 g/mol. The van der Waals surface area contributed by atoms with Crippen molar-refractivity contribution in [1.82, 2.24) is 15.5 Å². The third kappa shape index (κ3) is 3.64. The summed E-state index contributed by atoms with van der Waals surface area (Å²) in [7, 11) is 1.57. The summed E-state index contributed by atoms with van der Waals surface area (Å²) in [5.41, 5.74) is 1.35. The lowest BCUT2D eigenvalue weighted by atomic mass is 10.1. The zero-order valence-electron chi connectivity index (χ0n) is 11.6. The van der Waals surface area contributed by atoms with Gasteiger partial charge in [0, 0.05) is 19.0 Å². The van der Waals surface area contributed by atoms with E-state index in [2.05, 4.69) is 20.8 Å².